The van der Waals surface area contributed by atoms with Crippen molar-refractivity contribution in [2.24, 2.45) is 5.73 Å². The van der Waals surface area contributed by atoms with E-state index >= 15 is 0 Å². The van der Waals surface area contributed by atoms with Crippen LogP contribution in [-0.4, -0.2) is 10.9 Å². The molecule has 5 heteroatoms. The van der Waals surface area contributed by atoms with E-state index in [1.165, 1.54) is 11.3 Å². The minimum atomic E-state index is -0.547. The third-order valence-corrected chi connectivity index (χ3v) is 2.40. The number of carbonyl (C=O) groups is 1. The molecule has 0 bridgehead atoms. The van der Waals surface area contributed by atoms with Gasteiger partial charge in [-0.1, -0.05) is 43.4 Å². The molecule has 0 saturated heterocycles. The second-order valence-electron chi connectivity index (χ2n) is 2.78. The molecule has 0 unspecified atom stereocenters. The van der Waals surface area contributed by atoms with E-state index in [1.807, 2.05) is 44.2 Å². The molecule has 1 aromatic heterocycles. The zero-order valence-electron chi connectivity index (χ0n) is 9.71. The molecule has 0 saturated carbocycles. The van der Waals surface area contributed by atoms with Crippen molar-refractivity contribution >= 4 is 17.2 Å². The smallest absolute Gasteiger partial charge is 0.279 e. The monoisotopic (exact) mass is 250 g/mol. The lowest BCUT2D eigenvalue weighted by Crippen LogP contribution is -2.10. The highest BCUT2D eigenvalue weighted by Gasteiger charge is 2.07. The van der Waals surface area contributed by atoms with Gasteiger partial charge in [0.25, 0.3) is 11.1 Å². The van der Waals surface area contributed by atoms with Gasteiger partial charge in [0.2, 0.25) is 0 Å². The molecular weight excluding hydrogens is 236 g/mol. The summed E-state index contributed by atoms with van der Waals surface area (Å²) in [7, 11) is 0. The summed E-state index contributed by atoms with van der Waals surface area (Å²) in [5.41, 5.74) is 5.30. The van der Waals surface area contributed by atoms with Crippen LogP contribution in [0.15, 0.2) is 35.7 Å². The largest absolute Gasteiger partial charge is 0.431 e. The Labute approximate surface area is 104 Å². The first-order chi connectivity index (χ1) is 8.25. The Bertz CT molecular complexity index is 468. The Balaban J connectivity index is 0.000000686. The highest BCUT2D eigenvalue weighted by Crippen LogP contribution is 2.24. The molecule has 2 rings (SSSR count). The Morgan fingerprint density at radius 1 is 1.29 bits per heavy atom. The van der Waals surface area contributed by atoms with Gasteiger partial charge in [-0.05, 0) is 12.1 Å². The summed E-state index contributed by atoms with van der Waals surface area (Å²) in [5.74, 6) is 0.136. The molecule has 0 fully saturated rings. The average molecular weight is 250 g/mol. The van der Waals surface area contributed by atoms with Gasteiger partial charge in [0.05, 0.1) is 0 Å². The summed E-state index contributed by atoms with van der Waals surface area (Å²) in [6.07, 6.45) is 0. The lowest BCUT2D eigenvalue weighted by Gasteiger charge is -1.99. The lowest BCUT2D eigenvalue weighted by molar-refractivity contribution is 0.0995. The molecule has 90 valence electrons. The van der Waals surface area contributed by atoms with Crippen LogP contribution in [0.1, 0.15) is 24.3 Å². The first kappa shape index (κ1) is 13.2. The van der Waals surface area contributed by atoms with E-state index in [-0.39, 0.29) is 5.69 Å². The molecule has 1 heterocycles. The first-order valence-electron chi connectivity index (χ1n) is 5.24. The molecule has 1 amide bonds. The van der Waals surface area contributed by atoms with Crippen molar-refractivity contribution in [3.8, 4) is 10.9 Å². The normalized spacial score (nSPS) is 9.06. The number of benzene rings is 1. The maximum absolute atomic E-state index is 10.8. The number of rotatable bonds is 3. The van der Waals surface area contributed by atoms with Crippen LogP contribution in [0.3, 0.4) is 0 Å². The van der Waals surface area contributed by atoms with Crippen LogP contribution in [0.2, 0.25) is 0 Å². The van der Waals surface area contributed by atoms with E-state index in [1.54, 1.807) is 5.38 Å². The van der Waals surface area contributed by atoms with Crippen LogP contribution in [0, 0.1) is 0 Å². The Hall–Kier alpha value is -1.88. The lowest BCUT2D eigenvalue weighted by atomic mass is 10.3. The zero-order chi connectivity index (χ0) is 12.7. The fourth-order valence-electron chi connectivity index (χ4n) is 1.01. The fourth-order valence-corrected chi connectivity index (χ4v) is 1.68. The van der Waals surface area contributed by atoms with Gasteiger partial charge in [-0.3, -0.25) is 4.79 Å². The molecule has 0 radical (unpaired) electrons. The van der Waals surface area contributed by atoms with Gasteiger partial charge in [-0.15, -0.1) is 0 Å². The second-order valence-corrected chi connectivity index (χ2v) is 3.60. The molecule has 0 aliphatic heterocycles. The average Bonchev–Trinajstić information content (AvgIpc) is 2.82. The molecule has 17 heavy (non-hydrogen) atoms. The fraction of sp³-hybridized carbons (Fsp3) is 0.167. The highest BCUT2D eigenvalue weighted by atomic mass is 32.1. The zero-order valence-corrected chi connectivity index (χ0v) is 10.5. The van der Waals surface area contributed by atoms with Crippen LogP contribution in [-0.2, 0) is 0 Å². The van der Waals surface area contributed by atoms with Crippen molar-refractivity contribution in [3.05, 3.63) is 41.4 Å². The van der Waals surface area contributed by atoms with Crippen molar-refractivity contribution < 1.29 is 9.53 Å². The Morgan fingerprint density at radius 3 is 2.47 bits per heavy atom. The van der Waals surface area contributed by atoms with Crippen molar-refractivity contribution in [1.82, 2.24) is 4.98 Å². The van der Waals surface area contributed by atoms with E-state index in [0.717, 1.165) is 0 Å². The van der Waals surface area contributed by atoms with Gasteiger partial charge in [-0.25, -0.2) is 0 Å². The molecule has 0 spiro atoms. The van der Waals surface area contributed by atoms with Gasteiger partial charge in [0, 0.05) is 5.38 Å². The molecule has 2 N–H and O–H groups in total. The van der Waals surface area contributed by atoms with Crippen molar-refractivity contribution in [3.63, 3.8) is 0 Å². The summed E-state index contributed by atoms with van der Waals surface area (Å²) in [4.78, 5) is 14.7. The van der Waals surface area contributed by atoms with Crippen LogP contribution >= 0.6 is 11.3 Å². The number of hydrogen-bond donors (Lipinski definition) is 1. The summed E-state index contributed by atoms with van der Waals surface area (Å²) >= 11 is 1.24. The van der Waals surface area contributed by atoms with E-state index in [2.05, 4.69) is 4.98 Å². The van der Waals surface area contributed by atoms with Gasteiger partial charge < -0.3 is 10.5 Å². The summed E-state index contributed by atoms with van der Waals surface area (Å²) in [5, 5.41) is 1.98. The number of nitrogens with two attached hydrogens (primary N) is 1. The Kier molecular flexibility index (Phi) is 5.16. The number of carbonyl (C=O) groups excluding carboxylic acids is 1. The van der Waals surface area contributed by atoms with E-state index in [9.17, 15) is 4.79 Å². The minimum absolute atomic E-state index is 0.228. The molecule has 1 aromatic carbocycles. The molecule has 0 aliphatic rings. The minimum Gasteiger partial charge on any atom is -0.431 e. The molecule has 0 aliphatic carbocycles. The molecule has 2 aromatic rings. The number of aromatic nitrogens is 1. The van der Waals surface area contributed by atoms with Gasteiger partial charge in [0.1, 0.15) is 11.4 Å². The van der Waals surface area contributed by atoms with Crippen molar-refractivity contribution in [2.45, 2.75) is 13.8 Å². The second kappa shape index (κ2) is 6.65. The van der Waals surface area contributed by atoms with Crippen LogP contribution in [0.5, 0.6) is 10.9 Å². The predicted octanol–water partition coefficient (Wildman–Crippen LogP) is 3.06. The highest BCUT2D eigenvalue weighted by molar-refractivity contribution is 7.11. The molecular formula is C12H14N2O2S. The topological polar surface area (TPSA) is 65.2 Å². The Morgan fingerprint density at radius 2 is 1.94 bits per heavy atom. The number of nitrogens with zero attached hydrogens (tertiary/aromatic N) is 1. The molecule has 0 atom stereocenters. The van der Waals surface area contributed by atoms with Crippen LogP contribution in [0.25, 0.3) is 0 Å². The summed E-state index contributed by atoms with van der Waals surface area (Å²) in [6.45, 7) is 4.00. The van der Waals surface area contributed by atoms with Crippen molar-refractivity contribution in [1.29, 1.82) is 0 Å². The third kappa shape index (κ3) is 3.88. The maximum Gasteiger partial charge on any atom is 0.279 e. The SMILES string of the molecule is CC.NC(=O)c1csc(Oc2ccccc2)n1. The van der Waals surface area contributed by atoms with E-state index in [0.29, 0.717) is 10.9 Å². The number of ether oxygens (including phenoxy) is 1. The third-order valence-electron chi connectivity index (χ3n) is 1.68. The summed E-state index contributed by atoms with van der Waals surface area (Å²) in [6, 6.07) is 9.23. The van der Waals surface area contributed by atoms with Crippen LogP contribution in [0.4, 0.5) is 0 Å². The standard InChI is InChI=1S/C10H8N2O2S.C2H6/c11-9(13)8-6-15-10(12-8)14-7-4-2-1-3-5-7;1-2/h1-6H,(H2,11,13);1-2H3. The molecule has 4 nitrogen and oxygen atoms in total. The van der Waals surface area contributed by atoms with Crippen LogP contribution < -0.4 is 10.5 Å². The van der Waals surface area contributed by atoms with E-state index in [4.69, 9.17) is 10.5 Å². The summed E-state index contributed by atoms with van der Waals surface area (Å²) < 4.78 is 5.41. The number of amides is 1. The number of hydrogen-bond acceptors (Lipinski definition) is 4. The maximum atomic E-state index is 10.8. The van der Waals surface area contributed by atoms with Gasteiger partial charge in [-0.2, -0.15) is 4.98 Å². The predicted molar refractivity (Wildman–Crippen MR) is 68.5 cm³/mol. The quantitative estimate of drug-likeness (QED) is 0.910. The number of primary amides is 1. The van der Waals surface area contributed by atoms with Gasteiger partial charge in [0.15, 0.2) is 0 Å². The number of thiazole rings is 1. The first-order valence-corrected chi connectivity index (χ1v) is 6.12. The van der Waals surface area contributed by atoms with Gasteiger partial charge >= 0.3 is 0 Å². The van der Waals surface area contributed by atoms with Crippen molar-refractivity contribution in [2.75, 3.05) is 0 Å². The van der Waals surface area contributed by atoms with E-state index < -0.39 is 5.91 Å². The number of para-hydroxylation sites is 1.